The molecule has 0 radical (unpaired) electrons. The van der Waals surface area contributed by atoms with Crippen LogP contribution in [0.2, 0.25) is 0 Å². The number of hydrogen-bond acceptors (Lipinski definition) is 3. The van der Waals surface area contributed by atoms with Crippen LogP contribution in [-0.4, -0.2) is 24.1 Å². The Morgan fingerprint density at radius 1 is 1.09 bits per heavy atom. The first-order chi connectivity index (χ1) is 10.9. The molecule has 2 aromatic carbocycles. The van der Waals surface area contributed by atoms with Crippen molar-refractivity contribution < 1.29 is 23.4 Å². The Morgan fingerprint density at radius 2 is 1.65 bits per heavy atom. The van der Waals surface area contributed by atoms with E-state index in [4.69, 9.17) is 0 Å². The molecule has 1 atom stereocenters. The Hall–Kier alpha value is -2.27. The third-order valence-electron chi connectivity index (χ3n) is 3.62. The lowest BCUT2D eigenvalue weighted by Gasteiger charge is -2.22. The van der Waals surface area contributed by atoms with E-state index >= 15 is 0 Å². The molecule has 2 aromatic rings. The van der Waals surface area contributed by atoms with E-state index in [-0.39, 0.29) is 5.56 Å². The van der Waals surface area contributed by atoms with Crippen molar-refractivity contribution in [3.05, 3.63) is 60.2 Å². The molecular weight excluding hydrogens is 302 g/mol. The summed E-state index contributed by atoms with van der Waals surface area (Å²) in [4.78, 5) is 11.0. The molecule has 122 valence electrons. The first kappa shape index (κ1) is 17.1. The first-order valence-electron chi connectivity index (χ1n) is 7.22. The second kappa shape index (κ2) is 7.33. The van der Waals surface area contributed by atoms with E-state index in [9.17, 15) is 18.7 Å². The number of ether oxygens (including phenoxy) is 1. The molecule has 0 aliphatic rings. The van der Waals surface area contributed by atoms with Gasteiger partial charge in [-0.1, -0.05) is 54.6 Å². The van der Waals surface area contributed by atoms with Crippen LogP contribution in [0.15, 0.2) is 54.6 Å². The van der Waals surface area contributed by atoms with Crippen LogP contribution in [0.1, 0.15) is 24.5 Å². The Labute approximate surface area is 133 Å². The highest BCUT2D eigenvalue weighted by Gasteiger charge is 2.39. The Kier molecular flexibility index (Phi) is 5.45. The molecule has 0 heterocycles. The van der Waals surface area contributed by atoms with E-state index in [1.54, 1.807) is 12.1 Å². The second-order valence-electron chi connectivity index (χ2n) is 5.23. The molecule has 0 spiro atoms. The minimum atomic E-state index is -3.40. The number of alkyl halides is 2. The smallest absolute Gasteiger partial charge is 0.305 e. The lowest BCUT2D eigenvalue weighted by molar-refractivity contribution is -0.148. The highest BCUT2D eigenvalue weighted by Crippen LogP contribution is 2.36. The molecule has 0 aromatic heterocycles. The molecule has 2 rings (SSSR count). The minimum Gasteiger partial charge on any atom is -0.469 e. The maximum absolute atomic E-state index is 14.0. The Morgan fingerprint density at radius 3 is 2.22 bits per heavy atom. The molecule has 1 unspecified atom stereocenters. The van der Waals surface area contributed by atoms with Crippen LogP contribution in [0.3, 0.4) is 0 Å². The topological polar surface area (TPSA) is 46.5 Å². The number of aliphatic hydroxyl groups excluding tert-OH is 1. The predicted octanol–water partition coefficient (Wildman–Crippen LogP) is 3.98. The number of rotatable bonds is 6. The number of esters is 1. The quantitative estimate of drug-likeness (QED) is 0.819. The van der Waals surface area contributed by atoms with Crippen molar-refractivity contribution in [1.29, 1.82) is 0 Å². The summed E-state index contributed by atoms with van der Waals surface area (Å²) in [6, 6.07) is 15.8. The molecule has 1 N–H and O–H groups in total. The molecule has 5 heteroatoms. The van der Waals surface area contributed by atoms with Crippen molar-refractivity contribution in [3.8, 4) is 11.1 Å². The van der Waals surface area contributed by atoms with Gasteiger partial charge in [-0.05, 0) is 16.7 Å². The highest BCUT2D eigenvalue weighted by molar-refractivity contribution is 5.69. The summed E-state index contributed by atoms with van der Waals surface area (Å²) in [5, 5.41) is 9.89. The van der Waals surface area contributed by atoms with Crippen LogP contribution in [0.4, 0.5) is 8.78 Å². The monoisotopic (exact) mass is 320 g/mol. The fourth-order valence-corrected chi connectivity index (χ4v) is 2.24. The van der Waals surface area contributed by atoms with E-state index in [1.807, 2.05) is 30.3 Å². The summed E-state index contributed by atoms with van der Waals surface area (Å²) < 4.78 is 32.3. The molecule has 0 amide bonds. The number of methoxy groups -OCH3 is 1. The van der Waals surface area contributed by atoms with Crippen molar-refractivity contribution in [2.75, 3.05) is 7.11 Å². The third kappa shape index (κ3) is 4.36. The van der Waals surface area contributed by atoms with Crippen LogP contribution in [0.25, 0.3) is 11.1 Å². The summed E-state index contributed by atoms with van der Waals surface area (Å²) in [6.07, 6.45) is -3.17. The third-order valence-corrected chi connectivity index (χ3v) is 3.62. The maximum atomic E-state index is 14.0. The van der Waals surface area contributed by atoms with E-state index in [2.05, 4.69) is 4.74 Å². The van der Waals surface area contributed by atoms with Crippen molar-refractivity contribution in [2.24, 2.45) is 0 Å². The lowest BCUT2D eigenvalue weighted by atomic mass is 9.97. The maximum Gasteiger partial charge on any atom is 0.305 e. The number of carbonyl (C=O) groups is 1. The zero-order chi connectivity index (χ0) is 16.9. The van der Waals surface area contributed by atoms with Gasteiger partial charge in [0.2, 0.25) is 0 Å². The van der Waals surface area contributed by atoms with Gasteiger partial charge in [0.25, 0.3) is 5.92 Å². The fourth-order valence-electron chi connectivity index (χ4n) is 2.24. The molecule has 0 saturated carbocycles. The standard InChI is InChI=1S/C18H18F2O3/c1-23-16(21)11-12-18(19,20)17(22)15-9-7-14(8-10-15)13-5-3-2-4-6-13/h2-10,17,22H,11-12H2,1H3. The van der Waals surface area contributed by atoms with Crippen LogP contribution < -0.4 is 0 Å². The molecule has 23 heavy (non-hydrogen) atoms. The van der Waals surface area contributed by atoms with Crippen LogP contribution >= 0.6 is 0 Å². The van der Waals surface area contributed by atoms with Crippen molar-refractivity contribution in [2.45, 2.75) is 24.9 Å². The number of hydrogen-bond donors (Lipinski definition) is 1. The molecule has 0 aliphatic heterocycles. The lowest BCUT2D eigenvalue weighted by Crippen LogP contribution is -2.27. The summed E-state index contributed by atoms with van der Waals surface area (Å²) in [5.41, 5.74) is 1.95. The van der Waals surface area contributed by atoms with Crippen molar-refractivity contribution in [1.82, 2.24) is 0 Å². The summed E-state index contributed by atoms with van der Waals surface area (Å²) >= 11 is 0. The van der Waals surface area contributed by atoms with E-state index in [1.165, 1.54) is 12.1 Å². The van der Waals surface area contributed by atoms with Gasteiger partial charge in [-0.15, -0.1) is 0 Å². The Balaban J connectivity index is 2.10. The zero-order valence-electron chi connectivity index (χ0n) is 12.7. The van der Waals surface area contributed by atoms with Gasteiger partial charge in [-0.2, -0.15) is 0 Å². The van der Waals surface area contributed by atoms with Gasteiger partial charge in [-0.25, -0.2) is 8.78 Å². The van der Waals surface area contributed by atoms with E-state index in [0.717, 1.165) is 18.2 Å². The van der Waals surface area contributed by atoms with E-state index < -0.39 is 30.8 Å². The van der Waals surface area contributed by atoms with Gasteiger partial charge in [-0.3, -0.25) is 4.79 Å². The van der Waals surface area contributed by atoms with Crippen molar-refractivity contribution >= 4 is 5.97 Å². The molecule has 0 saturated heterocycles. The number of carbonyl (C=O) groups excluding carboxylic acids is 1. The fraction of sp³-hybridized carbons (Fsp3) is 0.278. The van der Waals surface area contributed by atoms with Crippen LogP contribution in [-0.2, 0) is 9.53 Å². The average Bonchev–Trinajstić information content (AvgIpc) is 2.60. The van der Waals surface area contributed by atoms with Gasteiger partial charge >= 0.3 is 5.97 Å². The Bertz CT molecular complexity index is 639. The van der Waals surface area contributed by atoms with Gasteiger partial charge in [0.05, 0.1) is 13.5 Å². The first-order valence-corrected chi connectivity index (χ1v) is 7.22. The van der Waals surface area contributed by atoms with Crippen LogP contribution in [0.5, 0.6) is 0 Å². The van der Waals surface area contributed by atoms with Gasteiger partial charge in [0.15, 0.2) is 0 Å². The predicted molar refractivity (Wildman–Crippen MR) is 83.0 cm³/mol. The summed E-state index contributed by atoms with van der Waals surface area (Å²) in [7, 11) is 1.14. The second-order valence-corrected chi connectivity index (χ2v) is 5.23. The molecule has 3 nitrogen and oxygen atoms in total. The molecular formula is C18H18F2O3. The molecule has 0 aliphatic carbocycles. The largest absolute Gasteiger partial charge is 0.469 e. The SMILES string of the molecule is COC(=O)CCC(F)(F)C(O)c1ccc(-c2ccccc2)cc1. The highest BCUT2D eigenvalue weighted by atomic mass is 19.3. The minimum absolute atomic E-state index is 0.111. The summed E-state index contributed by atoms with van der Waals surface area (Å²) in [6.45, 7) is 0. The van der Waals surface area contributed by atoms with Crippen molar-refractivity contribution in [3.63, 3.8) is 0 Å². The summed E-state index contributed by atoms with van der Waals surface area (Å²) in [5.74, 6) is -4.13. The number of halogens is 2. The van der Waals surface area contributed by atoms with E-state index in [0.29, 0.717) is 0 Å². The molecule has 0 bridgehead atoms. The number of benzene rings is 2. The van der Waals surface area contributed by atoms with Gasteiger partial charge in [0.1, 0.15) is 6.10 Å². The van der Waals surface area contributed by atoms with Gasteiger partial charge < -0.3 is 9.84 Å². The number of aliphatic hydroxyl groups is 1. The zero-order valence-corrected chi connectivity index (χ0v) is 12.7. The molecule has 0 fully saturated rings. The normalized spacial score (nSPS) is 12.7. The average molecular weight is 320 g/mol. The van der Waals surface area contributed by atoms with Gasteiger partial charge in [0, 0.05) is 6.42 Å². The van der Waals surface area contributed by atoms with Crippen LogP contribution in [0, 0.1) is 0 Å².